The maximum absolute atomic E-state index is 12.1. The van der Waals surface area contributed by atoms with Gasteiger partial charge in [0.2, 0.25) is 0 Å². The molecule has 2 aliphatic rings. The van der Waals surface area contributed by atoms with Gasteiger partial charge in [-0.3, -0.25) is 9.69 Å². The average Bonchev–Trinajstić information content (AvgIpc) is 2.73. The molecular formula is C23H35N3O4. The molecule has 0 radical (unpaired) electrons. The van der Waals surface area contributed by atoms with Gasteiger partial charge in [0.1, 0.15) is 12.3 Å². The standard InChI is InChI=1S/C23H35N3O4/c1-18(2)17-30-20-6-4-3-5-19(20)16-25-11-7-23(8-12-25)9-13-26(14-10-23)22(29)24-15-21(27)28/h3-6,18H,7-17H2,1-2H3,(H,24,29)(H,27,28). The second-order valence-corrected chi connectivity index (χ2v) is 9.13. The molecule has 2 aliphatic heterocycles. The zero-order valence-corrected chi connectivity index (χ0v) is 18.2. The van der Waals surface area contributed by atoms with Gasteiger partial charge < -0.3 is 20.1 Å². The van der Waals surface area contributed by atoms with Gasteiger partial charge in [-0.25, -0.2) is 4.79 Å². The summed E-state index contributed by atoms with van der Waals surface area (Å²) < 4.78 is 6.01. The summed E-state index contributed by atoms with van der Waals surface area (Å²) in [6.45, 7) is 9.17. The number of carbonyl (C=O) groups excluding carboxylic acids is 1. The first kappa shape index (κ1) is 22.4. The van der Waals surface area contributed by atoms with Crippen molar-refractivity contribution < 1.29 is 19.4 Å². The number of piperidine rings is 2. The van der Waals surface area contributed by atoms with E-state index in [9.17, 15) is 9.59 Å². The van der Waals surface area contributed by atoms with E-state index < -0.39 is 5.97 Å². The van der Waals surface area contributed by atoms with E-state index in [-0.39, 0.29) is 12.6 Å². The quantitative estimate of drug-likeness (QED) is 0.712. The monoisotopic (exact) mass is 417 g/mol. The van der Waals surface area contributed by atoms with Crippen molar-refractivity contribution in [2.45, 2.75) is 46.1 Å². The van der Waals surface area contributed by atoms with Gasteiger partial charge in [0.05, 0.1) is 6.61 Å². The molecule has 0 aliphatic carbocycles. The summed E-state index contributed by atoms with van der Waals surface area (Å²) in [5, 5.41) is 11.2. The second kappa shape index (κ2) is 10.2. The molecule has 0 bridgehead atoms. The van der Waals surface area contributed by atoms with E-state index in [1.54, 1.807) is 4.90 Å². The van der Waals surface area contributed by atoms with Gasteiger partial charge in [-0.2, -0.15) is 0 Å². The average molecular weight is 418 g/mol. The van der Waals surface area contributed by atoms with Gasteiger partial charge in [0.15, 0.2) is 0 Å². The fraction of sp³-hybridized carbons (Fsp3) is 0.652. The van der Waals surface area contributed by atoms with Crippen LogP contribution in [0.5, 0.6) is 5.75 Å². The number of ether oxygens (including phenoxy) is 1. The number of nitrogens with zero attached hydrogens (tertiary/aromatic N) is 2. The van der Waals surface area contributed by atoms with Crippen LogP contribution in [0, 0.1) is 11.3 Å². The number of hydrogen-bond acceptors (Lipinski definition) is 4. The van der Waals surface area contributed by atoms with Gasteiger partial charge in [-0.15, -0.1) is 0 Å². The Balaban J connectivity index is 1.47. The molecule has 2 heterocycles. The number of benzene rings is 1. The third-order valence-electron chi connectivity index (χ3n) is 6.36. The molecule has 0 aromatic heterocycles. The lowest BCUT2D eigenvalue weighted by Crippen LogP contribution is -2.51. The molecule has 1 aromatic carbocycles. The first-order valence-corrected chi connectivity index (χ1v) is 11.0. The Morgan fingerprint density at radius 3 is 2.37 bits per heavy atom. The summed E-state index contributed by atoms with van der Waals surface area (Å²) in [6.07, 6.45) is 4.28. The van der Waals surface area contributed by atoms with Gasteiger partial charge in [-0.1, -0.05) is 32.0 Å². The molecule has 0 atom stereocenters. The van der Waals surface area contributed by atoms with Crippen molar-refractivity contribution in [3.05, 3.63) is 29.8 Å². The molecule has 1 aromatic rings. The van der Waals surface area contributed by atoms with E-state index in [1.807, 2.05) is 6.07 Å². The van der Waals surface area contributed by atoms with E-state index in [4.69, 9.17) is 9.84 Å². The molecule has 2 N–H and O–H groups in total. The first-order valence-electron chi connectivity index (χ1n) is 11.0. The van der Waals surface area contributed by atoms with Crippen LogP contribution in [-0.2, 0) is 11.3 Å². The molecule has 166 valence electrons. The highest BCUT2D eigenvalue weighted by Crippen LogP contribution is 2.41. The number of hydrogen-bond donors (Lipinski definition) is 2. The third-order valence-corrected chi connectivity index (χ3v) is 6.36. The zero-order valence-electron chi connectivity index (χ0n) is 18.2. The lowest BCUT2D eigenvalue weighted by Gasteiger charge is -2.46. The number of nitrogens with one attached hydrogen (secondary N) is 1. The maximum atomic E-state index is 12.1. The second-order valence-electron chi connectivity index (χ2n) is 9.13. The molecule has 2 amide bonds. The number of likely N-dealkylation sites (tertiary alicyclic amines) is 2. The van der Waals surface area contributed by atoms with Crippen LogP contribution in [0.15, 0.2) is 24.3 Å². The third kappa shape index (κ3) is 6.11. The zero-order chi connectivity index (χ0) is 21.6. The van der Waals surface area contributed by atoms with Crippen molar-refractivity contribution in [1.82, 2.24) is 15.1 Å². The Hall–Kier alpha value is -2.28. The predicted octanol–water partition coefficient (Wildman–Crippen LogP) is 3.19. The first-order chi connectivity index (χ1) is 14.4. The Morgan fingerprint density at radius 1 is 1.10 bits per heavy atom. The van der Waals surface area contributed by atoms with Crippen molar-refractivity contribution >= 4 is 12.0 Å². The Morgan fingerprint density at radius 2 is 1.73 bits per heavy atom. The lowest BCUT2D eigenvalue weighted by molar-refractivity contribution is -0.135. The summed E-state index contributed by atoms with van der Waals surface area (Å²) in [4.78, 5) is 27.0. The highest BCUT2D eigenvalue weighted by Gasteiger charge is 2.38. The van der Waals surface area contributed by atoms with E-state index in [0.29, 0.717) is 24.4 Å². The summed E-state index contributed by atoms with van der Waals surface area (Å²) >= 11 is 0. The normalized spacial score (nSPS) is 19.1. The number of carbonyl (C=O) groups is 2. The van der Waals surface area contributed by atoms with Gasteiger partial charge in [-0.05, 0) is 56.2 Å². The van der Waals surface area contributed by atoms with E-state index in [2.05, 4.69) is 42.3 Å². The maximum Gasteiger partial charge on any atom is 0.323 e. The number of urea groups is 1. The molecule has 3 rings (SSSR count). The van der Waals surface area contributed by atoms with Crippen molar-refractivity contribution in [3.8, 4) is 5.75 Å². The summed E-state index contributed by atoms with van der Waals surface area (Å²) in [5.74, 6) is 0.484. The number of carboxylic acid groups (broad SMARTS) is 1. The van der Waals surface area contributed by atoms with Crippen LogP contribution in [-0.4, -0.2) is 66.2 Å². The van der Waals surface area contributed by atoms with Crippen molar-refractivity contribution in [2.24, 2.45) is 11.3 Å². The lowest BCUT2D eigenvalue weighted by atomic mass is 9.71. The molecular weight excluding hydrogens is 382 g/mol. The Bertz CT molecular complexity index is 719. The van der Waals surface area contributed by atoms with E-state index in [0.717, 1.165) is 57.7 Å². The number of aliphatic carboxylic acids is 1. The topological polar surface area (TPSA) is 82.1 Å². The Labute approximate surface area is 179 Å². The van der Waals surface area contributed by atoms with Crippen LogP contribution in [0.2, 0.25) is 0 Å². The van der Waals surface area contributed by atoms with Gasteiger partial charge >= 0.3 is 12.0 Å². The fourth-order valence-electron chi connectivity index (χ4n) is 4.41. The van der Waals surface area contributed by atoms with Gasteiger partial charge in [0, 0.05) is 25.2 Å². The van der Waals surface area contributed by atoms with Crippen LogP contribution in [0.25, 0.3) is 0 Å². The molecule has 30 heavy (non-hydrogen) atoms. The molecule has 2 fully saturated rings. The molecule has 7 nitrogen and oxygen atoms in total. The minimum absolute atomic E-state index is 0.261. The highest BCUT2D eigenvalue weighted by molar-refractivity contribution is 5.80. The van der Waals surface area contributed by atoms with Crippen LogP contribution in [0.4, 0.5) is 4.79 Å². The number of amides is 2. The molecule has 1 spiro atoms. The largest absolute Gasteiger partial charge is 0.493 e. The summed E-state index contributed by atoms with van der Waals surface area (Å²) in [5.41, 5.74) is 1.56. The summed E-state index contributed by atoms with van der Waals surface area (Å²) in [7, 11) is 0. The smallest absolute Gasteiger partial charge is 0.323 e. The number of para-hydroxylation sites is 1. The van der Waals surface area contributed by atoms with Crippen molar-refractivity contribution in [3.63, 3.8) is 0 Å². The molecule has 2 saturated heterocycles. The molecule has 0 unspecified atom stereocenters. The van der Waals surface area contributed by atoms with Crippen LogP contribution in [0.1, 0.15) is 45.1 Å². The van der Waals surface area contributed by atoms with Crippen LogP contribution >= 0.6 is 0 Å². The number of carboxylic acids is 1. The Kier molecular flexibility index (Phi) is 7.58. The minimum Gasteiger partial charge on any atom is -0.493 e. The molecule has 7 heteroatoms. The van der Waals surface area contributed by atoms with Gasteiger partial charge in [0.25, 0.3) is 0 Å². The SMILES string of the molecule is CC(C)COc1ccccc1CN1CCC2(CC1)CCN(C(=O)NCC(=O)O)CC2. The number of rotatable bonds is 7. The van der Waals surface area contributed by atoms with Crippen LogP contribution < -0.4 is 10.1 Å². The van der Waals surface area contributed by atoms with Crippen molar-refractivity contribution in [2.75, 3.05) is 39.3 Å². The van der Waals surface area contributed by atoms with E-state index in [1.165, 1.54) is 5.56 Å². The van der Waals surface area contributed by atoms with E-state index >= 15 is 0 Å². The fourth-order valence-corrected chi connectivity index (χ4v) is 4.41. The summed E-state index contributed by atoms with van der Waals surface area (Å²) in [6, 6.07) is 8.07. The highest BCUT2D eigenvalue weighted by atomic mass is 16.5. The van der Waals surface area contributed by atoms with Crippen LogP contribution in [0.3, 0.4) is 0 Å². The van der Waals surface area contributed by atoms with Crippen molar-refractivity contribution in [1.29, 1.82) is 0 Å². The minimum atomic E-state index is -1.01. The predicted molar refractivity (Wildman–Crippen MR) is 116 cm³/mol. The molecule has 0 saturated carbocycles.